The van der Waals surface area contributed by atoms with Gasteiger partial charge in [0, 0.05) is 22.1 Å². The predicted octanol–water partition coefficient (Wildman–Crippen LogP) is 2.53. The molecule has 0 radical (unpaired) electrons. The SMILES string of the molecule is COc1cccc(C(=O)CS(=O)Cc2cccc(C(=O)O)c2)c1. The number of Topliss-reactive ketones (excluding diaryl/α,β-unsaturated/α-hetero) is 1. The molecule has 1 atom stereocenters. The van der Waals surface area contributed by atoms with Crippen molar-refractivity contribution in [3.05, 3.63) is 65.2 Å². The van der Waals surface area contributed by atoms with E-state index < -0.39 is 16.8 Å². The Labute approximate surface area is 136 Å². The first-order valence-corrected chi connectivity index (χ1v) is 8.33. The van der Waals surface area contributed by atoms with E-state index in [-0.39, 0.29) is 22.9 Å². The number of ketones is 1. The van der Waals surface area contributed by atoms with Crippen molar-refractivity contribution in [3.8, 4) is 5.75 Å². The number of hydrogen-bond acceptors (Lipinski definition) is 4. The van der Waals surface area contributed by atoms with Gasteiger partial charge in [0.05, 0.1) is 18.4 Å². The first-order valence-electron chi connectivity index (χ1n) is 6.84. The van der Waals surface area contributed by atoms with Crippen LogP contribution in [0.5, 0.6) is 5.75 Å². The Morgan fingerprint density at radius 1 is 1.09 bits per heavy atom. The third kappa shape index (κ3) is 4.75. The summed E-state index contributed by atoms with van der Waals surface area (Å²) in [7, 11) is 0.0962. The fourth-order valence-corrected chi connectivity index (χ4v) is 3.17. The second-order valence-corrected chi connectivity index (χ2v) is 6.35. The lowest BCUT2D eigenvalue weighted by molar-refractivity contribution is 0.0696. The zero-order valence-corrected chi connectivity index (χ0v) is 13.3. The molecule has 1 N–H and O–H groups in total. The van der Waals surface area contributed by atoms with Gasteiger partial charge < -0.3 is 9.84 Å². The van der Waals surface area contributed by atoms with Crippen LogP contribution in [0.2, 0.25) is 0 Å². The van der Waals surface area contributed by atoms with Crippen molar-refractivity contribution in [2.75, 3.05) is 12.9 Å². The van der Waals surface area contributed by atoms with Gasteiger partial charge in [-0.05, 0) is 29.8 Å². The molecular weight excluding hydrogens is 316 g/mol. The average Bonchev–Trinajstić information content (AvgIpc) is 2.55. The van der Waals surface area contributed by atoms with Gasteiger partial charge in [-0.15, -0.1) is 0 Å². The highest BCUT2D eigenvalue weighted by Gasteiger charge is 2.13. The molecule has 0 spiro atoms. The van der Waals surface area contributed by atoms with Crippen molar-refractivity contribution in [3.63, 3.8) is 0 Å². The van der Waals surface area contributed by atoms with E-state index in [2.05, 4.69) is 0 Å². The van der Waals surface area contributed by atoms with Gasteiger partial charge in [0.15, 0.2) is 5.78 Å². The maximum Gasteiger partial charge on any atom is 0.335 e. The van der Waals surface area contributed by atoms with Crippen LogP contribution in [0.3, 0.4) is 0 Å². The zero-order chi connectivity index (χ0) is 16.8. The summed E-state index contributed by atoms with van der Waals surface area (Å²) in [4.78, 5) is 23.1. The van der Waals surface area contributed by atoms with Crippen LogP contribution in [-0.2, 0) is 16.6 Å². The second kappa shape index (κ2) is 7.69. The van der Waals surface area contributed by atoms with Crippen molar-refractivity contribution >= 4 is 22.6 Å². The molecule has 2 rings (SSSR count). The van der Waals surface area contributed by atoms with Crippen molar-refractivity contribution in [2.45, 2.75) is 5.75 Å². The van der Waals surface area contributed by atoms with Gasteiger partial charge in [0.2, 0.25) is 0 Å². The summed E-state index contributed by atoms with van der Waals surface area (Å²) < 4.78 is 17.2. The van der Waals surface area contributed by atoms with E-state index >= 15 is 0 Å². The Kier molecular flexibility index (Phi) is 5.65. The number of methoxy groups -OCH3 is 1. The lowest BCUT2D eigenvalue weighted by Crippen LogP contribution is -2.12. The van der Waals surface area contributed by atoms with E-state index in [4.69, 9.17) is 9.84 Å². The summed E-state index contributed by atoms with van der Waals surface area (Å²) in [6, 6.07) is 12.9. The molecule has 1 unspecified atom stereocenters. The topological polar surface area (TPSA) is 80.7 Å². The summed E-state index contributed by atoms with van der Waals surface area (Å²) in [5.41, 5.74) is 1.21. The first kappa shape index (κ1) is 16.9. The van der Waals surface area contributed by atoms with Crippen LogP contribution < -0.4 is 4.74 Å². The number of hydrogen-bond donors (Lipinski definition) is 1. The van der Waals surface area contributed by atoms with Crippen LogP contribution in [0.25, 0.3) is 0 Å². The molecule has 2 aromatic carbocycles. The number of carboxylic acid groups (broad SMARTS) is 1. The third-order valence-corrected chi connectivity index (χ3v) is 4.42. The van der Waals surface area contributed by atoms with Gasteiger partial charge in [-0.25, -0.2) is 4.79 Å². The Morgan fingerprint density at radius 2 is 1.78 bits per heavy atom. The molecule has 0 aliphatic rings. The third-order valence-electron chi connectivity index (χ3n) is 3.19. The van der Waals surface area contributed by atoms with Gasteiger partial charge in [-0.3, -0.25) is 9.00 Å². The number of rotatable bonds is 7. The highest BCUT2D eigenvalue weighted by molar-refractivity contribution is 7.85. The number of aromatic carboxylic acids is 1. The number of carbonyl (C=O) groups excluding carboxylic acids is 1. The molecule has 0 aliphatic heterocycles. The van der Waals surface area contributed by atoms with Crippen molar-refractivity contribution in [2.24, 2.45) is 0 Å². The van der Waals surface area contributed by atoms with Crippen molar-refractivity contribution in [1.82, 2.24) is 0 Å². The summed E-state index contributed by atoms with van der Waals surface area (Å²) in [6.07, 6.45) is 0. The van der Waals surface area contributed by atoms with Crippen LogP contribution in [0.4, 0.5) is 0 Å². The molecule has 0 aromatic heterocycles. The van der Waals surface area contributed by atoms with Crippen LogP contribution in [0, 0.1) is 0 Å². The van der Waals surface area contributed by atoms with Gasteiger partial charge in [-0.1, -0.05) is 24.3 Å². The number of carboxylic acids is 1. The minimum absolute atomic E-state index is 0.121. The molecule has 120 valence electrons. The maximum atomic E-state index is 12.1. The average molecular weight is 332 g/mol. The summed E-state index contributed by atoms with van der Waals surface area (Å²) in [5.74, 6) is -0.695. The Hall–Kier alpha value is -2.47. The highest BCUT2D eigenvalue weighted by atomic mass is 32.2. The summed E-state index contributed by atoms with van der Waals surface area (Å²) >= 11 is 0. The summed E-state index contributed by atoms with van der Waals surface area (Å²) in [6.45, 7) is 0. The monoisotopic (exact) mass is 332 g/mol. The standard InChI is InChI=1S/C17H16O5S/c1-22-15-7-3-5-13(9-15)16(18)11-23(21)10-12-4-2-6-14(8-12)17(19)20/h2-9H,10-11H2,1H3,(H,19,20). The second-order valence-electron chi connectivity index (χ2n) is 4.89. The maximum absolute atomic E-state index is 12.1. The fraction of sp³-hybridized carbons (Fsp3) is 0.176. The van der Waals surface area contributed by atoms with Gasteiger partial charge in [0.1, 0.15) is 5.75 Å². The molecule has 23 heavy (non-hydrogen) atoms. The smallest absolute Gasteiger partial charge is 0.335 e. The predicted molar refractivity (Wildman–Crippen MR) is 87.4 cm³/mol. The molecule has 0 saturated carbocycles. The van der Waals surface area contributed by atoms with Crippen LogP contribution in [-0.4, -0.2) is 33.9 Å². The Morgan fingerprint density at radius 3 is 2.48 bits per heavy atom. The van der Waals surface area contributed by atoms with Crippen LogP contribution >= 0.6 is 0 Å². The quantitative estimate of drug-likeness (QED) is 0.788. The lowest BCUT2D eigenvalue weighted by Gasteiger charge is -2.05. The molecule has 0 saturated heterocycles. The summed E-state index contributed by atoms with van der Waals surface area (Å²) in [5, 5.41) is 8.95. The number of ether oxygens (including phenoxy) is 1. The van der Waals surface area contributed by atoms with E-state index in [0.717, 1.165) is 0 Å². The number of benzene rings is 2. The van der Waals surface area contributed by atoms with E-state index in [0.29, 0.717) is 16.9 Å². The van der Waals surface area contributed by atoms with Gasteiger partial charge >= 0.3 is 5.97 Å². The molecule has 0 aliphatic carbocycles. The van der Waals surface area contributed by atoms with Crippen LogP contribution in [0.1, 0.15) is 26.3 Å². The lowest BCUT2D eigenvalue weighted by atomic mass is 10.1. The zero-order valence-electron chi connectivity index (χ0n) is 12.5. The van der Waals surface area contributed by atoms with Crippen LogP contribution in [0.15, 0.2) is 48.5 Å². The molecule has 2 aromatic rings. The van der Waals surface area contributed by atoms with E-state index in [1.165, 1.54) is 19.2 Å². The molecule has 0 heterocycles. The van der Waals surface area contributed by atoms with Crippen molar-refractivity contribution in [1.29, 1.82) is 0 Å². The highest BCUT2D eigenvalue weighted by Crippen LogP contribution is 2.14. The Bertz CT molecular complexity index is 754. The minimum atomic E-state index is -1.41. The molecular formula is C17H16O5S. The van der Waals surface area contributed by atoms with Gasteiger partial charge in [0.25, 0.3) is 0 Å². The normalized spacial score (nSPS) is 11.7. The fourth-order valence-electron chi connectivity index (χ4n) is 2.06. The molecule has 5 nitrogen and oxygen atoms in total. The molecule has 0 fully saturated rings. The van der Waals surface area contributed by atoms with Gasteiger partial charge in [-0.2, -0.15) is 0 Å². The molecule has 6 heteroatoms. The molecule has 0 amide bonds. The largest absolute Gasteiger partial charge is 0.497 e. The Balaban J connectivity index is 2.02. The first-order chi connectivity index (χ1) is 11.0. The van der Waals surface area contributed by atoms with E-state index in [9.17, 15) is 13.8 Å². The molecule has 0 bridgehead atoms. The minimum Gasteiger partial charge on any atom is -0.497 e. The van der Waals surface area contributed by atoms with Crippen molar-refractivity contribution < 1.29 is 23.6 Å². The number of carbonyl (C=O) groups is 2. The van der Waals surface area contributed by atoms with E-state index in [1.807, 2.05) is 0 Å². The van der Waals surface area contributed by atoms with E-state index in [1.54, 1.807) is 36.4 Å².